The van der Waals surface area contributed by atoms with Crippen molar-refractivity contribution >= 4 is 22.6 Å². The number of nitrogens with two attached hydrogens (primary N) is 1. The van der Waals surface area contributed by atoms with Gasteiger partial charge in [-0.05, 0) is 53.9 Å². The molecule has 2 atom stereocenters. The van der Waals surface area contributed by atoms with Crippen LogP contribution in [0.5, 0.6) is 0 Å². The summed E-state index contributed by atoms with van der Waals surface area (Å²) in [6.45, 7) is 1.16. The number of nitrogen functional groups attached to an aromatic ring is 1. The van der Waals surface area contributed by atoms with Crippen LogP contribution in [0.1, 0.15) is 28.4 Å². The second kappa shape index (κ2) is 5.77. The van der Waals surface area contributed by atoms with Crippen molar-refractivity contribution in [3.05, 3.63) is 65.2 Å². The van der Waals surface area contributed by atoms with Crippen molar-refractivity contribution in [1.82, 2.24) is 0 Å². The highest BCUT2D eigenvalue weighted by atomic mass is 32.2. The van der Waals surface area contributed by atoms with Crippen molar-refractivity contribution in [1.29, 1.82) is 0 Å². The van der Waals surface area contributed by atoms with E-state index in [4.69, 9.17) is 5.73 Å². The van der Waals surface area contributed by atoms with Crippen LogP contribution in [-0.2, 0) is 16.0 Å². The van der Waals surface area contributed by atoms with E-state index in [1.54, 1.807) is 30.3 Å². The number of anilines is 1. The molecular formula is C15H14NO4S-. The predicted molar refractivity (Wildman–Crippen MR) is 79.2 cm³/mol. The molecule has 0 aromatic heterocycles. The summed E-state index contributed by atoms with van der Waals surface area (Å²) in [5.74, 6) is -0.274. The molecule has 0 spiro atoms. The maximum absolute atomic E-state index is 12.3. The Bertz CT molecular complexity index is 695. The highest BCUT2D eigenvalue weighted by Crippen LogP contribution is 2.25. The molecule has 0 aliphatic carbocycles. The lowest BCUT2D eigenvalue weighted by molar-refractivity contribution is 0.103. The van der Waals surface area contributed by atoms with Crippen molar-refractivity contribution < 1.29 is 18.7 Å². The summed E-state index contributed by atoms with van der Waals surface area (Å²) < 4.78 is 22.1. The monoisotopic (exact) mass is 304 g/mol. The molecule has 0 heterocycles. The first-order valence-electron chi connectivity index (χ1n) is 6.15. The summed E-state index contributed by atoms with van der Waals surface area (Å²) in [4.78, 5) is 10.3. The number of benzene rings is 2. The first kappa shape index (κ1) is 15.4. The molecular weight excluding hydrogens is 290 g/mol. The highest BCUT2D eigenvalue weighted by Gasteiger charge is 2.25. The highest BCUT2D eigenvalue weighted by molar-refractivity contribution is 7.80. The number of aliphatic hydroxyl groups is 1. The Labute approximate surface area is 124 Å². The molecule has 2 rings (SSSR count). The van der Waals surface area contributed by atoms with Crippen LogP contribution in [-0.4, -0.2) is 19.7 Å². The second-order valence-electron chi connectivity index (χ2n) is 4.75. The van der Waals surface area contributed by atoms with E-state index in [0.29, 0.717) is 16.8 Å². The van der Waals surface area contributed by atoms with Crippen molar-refractivity contribution in [3.8, 4) is 0 Å². The number of hydrogen-bond donors (Lipinski definition) is 2. The largest absolute Gasteiger partial charge is 0.770 e. The molecule has 0 saturated carbocycles. The predicted octanol–water partition coefficient (Wildman–Crippen LogP) is 1.54. The summed E-state index contributed by atoms with van der Waals surface area (Å²) in [6, 6.07) is 12.3. The summed E-state index contributed by atoms with van der Waals surface area (Å²) in [6.07, 6.45) is 0. The molecule has 0 aliphatic rings. The number of hydrogen-bond acceptors (Lipinski definition) is 5. The Kier molecular flexibility index (Phi) is 4.22. The van der Waals surface area contributed by atoms with Crippen molar-refractivity contribution in [2.24, 2.45) is 0 Å². The van der Waals surface area contributed by atoms with E-state index in [-0.39, 0.29) is 11.3 Å². The molecule has 0 amide bonds. The third kappa shape index (κ3) is 3.18. The third-order valence-corrected chi connectivity index (χ3v) is 4.04. The Morgan fingerprint density at radius 2 is 1.81 bits per heavy atom. The third-order valence-electron chi connectivity index (χ3n) is 3.16. The minimum atomic E-state index is -2.72. The van der Waals surface area contributed by atoms with Crippen molar-refractivity contribution in [2.45, 2.75) is 11.9 Å². The standard InChI is InChI=1S/C15H15NO4S/c1-15(18,21(19)20)12-4-2-3-11(9-12)14(17)10-5-7-13(16)8-6-10/h2-9,18H,16H2,1H3,(H,19,20)/p-1. The quantitative estimate of drug-likeness (QED) is 0.506. The number of ketones is 1. The van der Waals surface area contributed by atoms with Gasteiger partial charge in [-0.15, -0.1) is 0 Å². The molecule has 3 N–H and O–H groups in total. The molecule has 0 radical (unpaired) electrons. The molecule has 0 aliphatic heterocycles. The van der Waals surface area contributed by atoms with E-state index in [1.807, 2.05) is 0 Å². The maximum Gasteiger partial charge on any atom is 0.193 e. The van der Waals surface area contributed by atoms with Gasteiger partial charge in [0.1, 0.15) is 4.93 Å². The molecule has 0 saturated heterocycles. The van der Waals surface area contributed by atoms with Gasteiger partial charge < -0.3 is 15.4 Å². The van der Waals surface area contributed by atoms with Gasteiger partial charge in [0.2, 0.25) is 0 Å². The van der Waals surface area contributed by atoms with E-state index in [1.165, 1.54) is 18.2 Å². The second-order valence-corrected chi connectivity index (χ2v) is 6.01. The fourth-order valence-corrected chi connectivity index (χ4v) is 2.17. The molecule has 21 heavy (non-hydrogen) atoms. The lowest BCUT2D eigenvalue weighted by atomic mass is 9.99. The van der Waals surface area contributed by atoms with Crippen LogP contribution in [0.2, 0.25) is 0 Å². The summed E-state index contributed by atoms with van der Waals surface area (Å²) in [7, 11) is 0. The Morgan fingerprint density at radius 1 is 1.19 bits per heavy atom. The first-order chi connectivity index (χ1) is 9.82. The number of carbonyl (C=O) groups is 1. The van der Waals surface area contributed by atoms with Gasteiger partial charge in [-0.2, -0.15) is 0 Å². The minimum absolute atomic E-state index is 0.136. The van der Waals surface area contributed by atoms with E-state index >= 15 is 0 Å². The van der Waals surface area contributed by atoms with Gasteiger partial charge >= 0.3 is 0 Å². The Balaban J connectivity index is 2.40. The van der Waals surface area contributed by atoms with Crippen molar-refractivity contribution in [3.63, 3.8) is 0 Å². The van der Waals surface area contributed by atoms with Crippen LogP contribution >= 0.6 is 0 Å². The fourth-order valence-electron chi connectivity index (χ4n) is 1.85. The van der Waals surface area contributed by atoms with Crippen LogP contribution < -0.4 is 5.73 Å². The van der Waals surface area contributed by atoms with Gasteiger partial charge in [-0.25, -0.2) is 0 Å². The average Bonchev–Trinajstić information content (AvgIpc) is 2.47. The van der Waals surface area contributed by atoms with Gasteiger partial charge in [-0.3, -0.25) is 9.00 Å². The Hall–Kier alpha value is -2.02. The zero-order valence-electron chi connectivity index (χ0n) is 11.3. The average molecular weight is 304 g/mol. The number of rotatable bonds is 4. The number of carbonyl (C=O) groups excluding carboxylic acids is 1. The molecule has 2 aromatic carbocycles. The van der Waals surface area contributed by atoms with E-state index < -0.39 is 16.0 Å². The van der Waals surface area contributed by atoms with Gasteiger partial charge in [0, 0.05) is 16.8 Å². The normalized spacial score (nSPS) is 15.2. The lowest BCUT2D eigenvalue weighted by Crippen LogP contribution is -2.27. The molecule has 0 fully saturated rings. The van der Waals surface area contributed by atoms with Crippen LogP contribution in [0.15, 0.2) is 48.5 Å². The molecule has 2 aromatic rings. The minimum Gasteiger partial charge on any atom is -0.770 e. The molecule has 6 heteroatoms. The van der Waals surface area contributed by atoms with E-state index in [9.17, 15) is 18.7 Å². The van der Waals surface area contributed by atoms with Crippen LogP contribution in [0.3, 0.4) is 0 Å². The topological polar surface area (TPSA) is 103 Å². The van der Waals surface area contributed by atoms with Gasteiger partial charge in [0.05, 0.1) is 0 Å². The van der Waals surface area contributed by atoms with Crippen LogP contribution in [0.4, 0.5) is 5.69 Å². The van der Waals surface area contributed by atoms with E-state index in [0.717, 1.165) is 6.92 Å². The summed E-state index contributed by atoms with van der Waals surface area (Å²) in [5, 5.41) is 9.94. The van der Waals surface area contributed by atoms with E-state index in [2.05, 4.69) is 0 Å². The first-order valence-corrected chi connectivity index (χ1v) is 7.22. The van der Waals surface area contributed by atoms with Gasteiger partial charge in [0.25, 0.3) is 0 Å². The SMILES string of the molecule is CC(O)(c1cccc(C(=O)c2ccc(N)cc2)c1)S(=O)[O-]. The summed E-state index contributed by atoms with van der Waals surface area (Å²) in [5.41, 5.74) is 6.98. The zero-order valence-corrected chi connectivity index (χ0v) is 12.1. The smallest absolute Gasteiger partial charge is 0.193 e. The fraction of sp³-hybridized carbons (Fsp3) is 0.133. The molecule has 2 unspecified atom stereocenters. The lowest BCUT2D eigenvalue weighted by Gasteiger charge is -2.26. The Morgan fingerprint density at radius 3 is 2.38 bits per heavy atom. The van der Waals surface area contributed by atoms with Crippen molar-refractivity contribution in [2.75, 3.05) is 5.73 Å². The van der Waals surface area contributed by atoms with Gasteiger partial charge in [0.15, 0.2) is 5.78 Å². The zero-order chi connectivity index (χ0) is 15.6. The molecule has 110 valence electrons. The van der Waals surface area contributed by atoms with Crippen LogP contribution in [0, 0.1) is 0 Å². The van der Waals surface area contributed by atoms with Gasteiger partial charge in [-0.1, -0.05) is 18.2 Å². The maximum atomic E-state index is 12.3. The van der Waals surface area contributed by atoms with Crippen LogP contribution in [0.25, 0.3) is 0 Å². The molecule has 0 bridgehead atoms. The summed E-state index contributed by atoms with van der Waals surface area (Å²) >= 11 is -2.72. The molecule has 5 nitrogen and oxygen atoms in total.